The highest BCUT2D eigenvalue weighted by molar-refractivity contribution is 8.00. The van der Waals surface area contributed by atoms with Gasteiger partial charge in [-0.15, -0.1) is 0 Å². The first kappa shape index (κ1) is 16.5. The molecule has 1 aliphatic heterocycles. The van der Waals surface area contributed by atoms with Gasteiger partial charge in [0.15, 0.2) is 0 Å². The van der Waals surface area contributed by atoms with E-state index in [1.54, 1.807) is 33.0 Å². The van der Waals surface area contributed by atoms with Gasteiger partial charge in [0.1, 0.15) is 17.0 Å². The van der Waals surface area contributed by atoms with Crippen LogP contribution >= 0.6 is 11.8 Å². The molecule has 0 aliphatic carbocycles. The van der Waals surface area contributed by atoms with E-state index in [-0.39, 0.29) is 6.42 Å². The standard InChI is InChI=1S/C14H19N3O4S/c1-13(2,3)21-12(20)17-7-14(8-17,6-11(18)19)22-10-4-5-15-9-16-10/h4-5,9H,6-8H2,1-3H3,(H,18,19). The molecule has 0 saturated carbocycles. The van der Waals surface area contributed by atoms with E-state index in [1.165, 1.54) is 23.0 Å². The maximum absolute atomic E-state index is 12.0. The average molecular weight is 325 g/mol. The van der Waals surface area contributed by atoms with Gasteiger partial charge in [-0.25, -0.2) is 14.8 Å². The second-order valence-corrected chi connectivity index (χ2v) is 7.73. The van der Waals surface area contributed by atoms with Crippen LogP contribution in [0.3, 0.4) is 0 Å². The lowest BCUT2D eigenvalue weighted by Gasteiger charge is -2.48. The maximum Gasteiger partial charge on any atom is 0.410 e. The van der Waals surface area contributed by atoms with Crippen LogP contribution < -0.4 is 0 Å². The van der Waals surface area contributed by atoms with Gasteiger partial charge >= 0.3 is 12.1 Å². The van der Waals surface area contributed by atoms with Crippen LogP contribution in [0, 0.1) is 0 Å². The molecule has 0 atom stereocenters. The van der Waals surface area contributed by atoms with Crippen molar-refractivity contribution in [1.29, 1.82) is 0 Å². The Labute approximate surface area is 133 Å². The van der Waals surface area contributed by atoms with Gasteiger partial charge in [0.25, 0.3) is 0 Å². The number of nitrogens with zero attached hydrogens (tertiary/aromatic N) is 3. The number of rotatable bonds is 4. The highest BCUT2D eigenvalue weighted by Crippen LogP contribution is 2.42. The smallest absolute Gasteiger partial charge is 0.410 e. The number of likely N-dealkylation sites (tertiary alicyclic amines) is 1. The van der Waals surface area contributed by atoms with E-state index in [0.717, 1.165) is 0 Å². The summed E-state index contributed by atoms with van der Waals surface area (Å²) in [5.74, 6) is -0.898. The summed E-state index contributed by atoms with van der Waals surface area (Å²) in [7, 11) is 0. The molecule has 0 bridgehead atoms. The molecule has 22 heavy (non-hydrogen) atoms. The molecule has 2 rings (SSSR count). The zero-order valence-electron chi connectivity index (χ0n) is 12.8. The summed E-state index contributed by atoms with van der Waals surface area (Å²) in [5.41, 5.74) is -0.568. The molecular formula is C14H19N3O4S. The second-order valence-electron chi connectivity index (χ2n) is 6.24. The third-order valence-corrected chi connectivity index (χ3v) is 4.25. The highest BCUT2D eigenvalue weighted by Gasteiger charge is 2.49. The van der Waals surface area contributed by atoms with Crippen LogP contribution in [0.4, 0.5) is 4.79 Å². The summed E-state index contributed by atoms with van der Waals surface area (Å²) >= 11 is 1.36. The van der Waals surface area contributed by atoms with Crippen LogP contribution in [0.2, 0.25) is 0 Å². The lowest BCUT2D eigenvalue weighted by atomic mass is 9.95. The zero-order valence-corrected chi connectivity index (χ0v) is 13.6. The fourth-order valence-electron chi connectivity index (χ4n) is 2.15. The summed E-state index contributed by atoms with van der Waals surface area (Å²) in [4.78, 5) is 32.6. The molecule has 1 aromatic rings. The molecule has 0 aromatic carbocycles. The molecule has 1 aliphatic rings. The molecule has 7 nitrogen and oxygen atoms in total. The molecule has 0 unspecified atom stereocenters. The average Bonchev–Trinajstić information content (AvgIpc) is 2.33. The first-order chi connectivity index (χ1) is 10.2. The molecule has 1 saturated heterocycles. The van der Waals surface area contributed by atoms with E-state index in [0.29, 0.717) is 18.1 Å². The second kappa shape index (κ2) is 6.12. The van der Waals surface area contributed by atoms with Crippen molar-refractivity contribution < 1.29 is 19.4 Å². The van der Waals surface area contributed by atoms with Crippen LogP contribution in [-0.2, 0) is 9.53 Å². The number of thioether (sulfide) groups is 1. The molecule has 1 N–H and O–H groups in total. The van der Waals surface area contributed by atoms with E-state index < -0.39 is 22.4 Å². The van der Waals surface area contributed by atoms with E-state index in [4.69, 9.17) is 9.84 Å². The number of carbonyl (C=O) groups is 2. The monoisotopic (exact) mass is 325 g/mol. The lowest BCUT2D eigenvalue weighted by Crippen LogP contribution is -2.62. The van der Waals surface area contributed by atoms with Crippen molar-refractivity contribution in [3.05, 3.63) is 18.6 Å². The van der Waals surface area contributed by atoms with Crippen molar-refractivity contribution in [2.75, 3.05) is 13.1 Å². The summed E-state index contributed by atoms with van der Waals surface area (Å²) in [5, 5.41) is 9.82. The third kappa shape index (κ3) is 4.33. The van der Waals surface area contributed by atoms with E-state index in [1.807, 2.05) is 0 Å². The SMILES string of the molecule is CC(C)(C)OC(=O)N1CC(CC(=O)O)(Sc2ccncn2)C1. The number of aromatic nitrogens is 2. The number of carboxylic acids is 1. The van der Waals surface area contributed by atoms with Crippen LogP contribution in [0.25, 0.3) is 0 Å². The topological polar surface area (TPSA) is 92.6 Å². The fraction of sp³-hybridized carbons (Fsp3) is 0.571. The summed E-state index contributed by atoms with van der Waals surface area (Å²) in [6, 6.07) is 1.73. The summed E-state index contributed by atoms with van der Waals surface area (Å²) in [6.07, 6.45) is 2.56. The van der Waals surface area contributed by atoms with Crippen molar-refractivity contribution in [2.45, 2.75) is 42.6 Å². The van der Waals surface area contributed by atoms with Crippen LogP contribution in [-0.4, -0.2) is 55.5 Å². The van der Waals surface area contributed by atoms with Gasteiger partial charge in [0.05, 0.1) is 11.2 Å². The van der Waals surface area contributed by atoms with Crippen molar-refractivity contribution in [1.82, 2.24) is 14.9 Å². The molecule has 2 heterocycles. The Morgan fingerprint density at radius 2 is 2.14 bits per heavy atom. The third-order valence-electron chi connectivity index (χ3n) is 2.96. The largest absolute Gasteiger partial charge is 0.481 e. The minimum atomic E-state index is -0.898. The number of hydrogen-bond donors (Lipinski definition) is 1. The van der Waals surface area contributed by atoms with Crippen molar-refractivity contribution >= 4 is 23.8 Å². The quantitative estimate of drug-likeness (QED) is 0.847. The Morgan fingerprint density at radius 3 is 2.64 bits per heavy atom. The van der Waals surface area contributed by atoms with Crippen LogP contribution in [0.15, 0.2) is 23.6 Å². The van der Waals surface area contributed by atoms with E-state index >= 15 is 0 Å². The molecule has 1 fully saturated rings. The fourth-order valence-corrected chi connectivity index (χ4v) is 3.46. The molecule has 120 valence electrons. The van der Waals surface area contributed by atoms with Gasteiger partial charge in [-0.3, -0.25) is 4.79 Å². The first-order valence-electron chi connectivity index (χ1n) is 6.84. The van der Waals surface area contributed by atoms with Gasteiger partial charge in [0.2, 0.25) is 0 Å². The Bertz CT molecular complexity index is 553. The highest BCUT2D eigenvalue weighted by atomic mass is 32.2. The summed E-state index contributed by atoms with van der Waals surface area (Å²) < 4.78 is 4.72. The zero-order chi connectivity index (χ0) is 16.4. The van der Waals surface area contributed by atoms with Gasteiger partial charge in [0, 0.05) is 19.3 Å². The van der Waals surface area contributed by atoms with Crippen LogP contribution in [0.1, 0.15) is 27.2 Å². The number of carboxylic acid groups (broad SMARTS) is 1. The Morgan fingerprint density at radius 1 is 1.45 bits per heavy atom. The number of carbonyl (C=O) groups excluding carboxylic acids is 1. The van der Waals surface area contributed by atoms with Crippen molar-refractivity contribution in [3.8, 4) is 0 Å². The number of amides is 1. The lowest BCUT2D eigenvalue weighted by molar-refractivity contribution is -0.138. The maximum atomic E-state index is 12.0. The predicted octanol–water partition coefficient (Wildman–Crippen LogP) is 2.03. The molecule has 0 radical (unpaired) electrons. The van der Waals surface area contributed by atoms with E-state index in [9.17, 15) is 9.59 Å². The number of ether oxygens (including phenoxy) is 1. The van der Waals surface area contributed by atoms with Crippen molar-refractivity contribution in [3.63, 3.8) is 0 Å². The normalized spacial score (nSPS) is 16.8. The van der Waals surface area contributed by atoms with Gasteiger partial charge in [-0.2, -0.15) is 0 Å². The van der Waals surface area contributed by atoms with Gasteiger partial charge in [-0.05, 0) is 26.8 Å². The number of aliphatic carboxylic acids is 1. The van der Waals surface area contributed by atoms with Gasteiger partial charge in [-0.1, -0.05) is 11.8 Å². The first-order valence-corrected chi connectivity index (χ1v) is 7.66. The van der Waals surface area contributed by atoms with E-state index in [2.05, 4.69) is 9.97 Å². The summed E-state index contributed by atoms with van der Waals surface area (Å²) in [6.45, 7) is 6.03. The Kier molecular flexibility index (Phi) is 4.60. The molecule has 0 spiro atoms. The predicted molar refractivity (Wildman–Crippen MR) is 80.7 cm³/mol. The number of hydrogen-bond acceptors (Lipinski definition) is 6. The Balaban J connectivity index is 2.02. The molecule has 1 amide bonds. The van der Waals surface area contributed by atoms with Crippen molar-refractivity contribution in [2.24, 2.45) is 0 Å². The van der Waals surface area contributed by atoms with Crippen LogP contribution in [0.5, 0.6) is 0 Å². The molecule has 8 heteroatoms. The minimum Gasteiger partial charge on any atom is -0.481 e. The molecule has 1 aromatic heterocycles. The minimum absolute atomic E-state index is 0.0407. The Hall–Kier alpha value is -1.83. The van der Waals surface area contributed by atoms with Gasteiger partial charge < -0.3 is 14.7 Å². The molecular weight excluding hydrogens is 306 g/mol.